The van der Waals surface area contributed by atoms with E-state index in [2.05, 4.69) is 20.2 Å². The van der Waals surface area contributed by atoms with Gasteiger partial charge in [0, 0.05) is 30.3 Å². The fourth-order valence-corrected chi connectivity index (χ4v) is 8.82. The van der Waals surface area contributed by atoms with Crippen molar-refractivity contribution < 1.29 is 35.2 Å². The highest BCUT2D eigenvalue weighted by atomic mass is 35.5. The van der Waals surface area contributed by atoms with Crippen LogP contribution in [0.15, 0.2) is 89.9 Å². The zero-order valence-electron chi connectivity index (χ0n) is 32.4. The van der Waals surface area contributed by atoms with Crippen molar-refractivity contribution in [1.29, 1.82) is 0 Å². The summed E-state index contributed by atoms with van der Waals surface area (Å²) in [6, 6.07) is 16.0. The van der Waals surface area contributed by atoms with Crippen molar-refractivity contribution in [3.05, 3.63) is 135 Å². The lowest BCUT2D eigenvalue weighted by Crippen LogP contribution is -2.36. The van der Waals surface area contributed by atoms with Crippen LogP contribution in [0.2, 0.25) is 5.02 Å². The number of alkyl halides is 2. The number of hydrogen-bond donors (Lipinski definition) is 2. The highest BCUT2D eigenvalue weighted by molar-refractivity contribution is 7.93. The fraction of sp³-hybridized carbons (Fsp3) is 0.262. The maximum atomic E-state index is 15.1. The molecule has 1 saturated carbocycles. The second-order valence-corrected chi connectivity index (χ2v) is 17.4. The Hall–Kier alpha value is -6.14. The van der Waals surface area contributed by atoms with Gasteiger partial charge in [0.15, 0.2) is 5.82 Å². The summed E-state index contributed by atoms with van der Waals surface area (Å²) in [5.41, 5.74) is -0.131. The third-order valence-corrected chi connectivity index (χ3v) is 12.3. The van der Waals surface area contributed by atoms with Crippen LogP contribution in [0, 0.1) is 17.5 Å². The molecule has 3 heterocycles. The zero-order chi connectivity index (χ0) is 43.3. The fourth-order valence-electron chi connectivity index (χ4n) is 7.25. The summed E-state index contributed by atoms with van der Waals surface area (Å²) < 4.78 is 105. The smallest absolute Gasteiger partial charge is 0.266 e. The third-order valence-electron chi connectivity index (χ3n) is 10.2. The monoisotopic (exact) mass is 878 g/mol. The van der Waals surface area contributed by atoms with E-state index in [-0.39, 0.29) is 74.2 Å². The Morgan fingerprint density at radius 2 is 1.69 bits per heavy atom. The lowest BCUT2D eigenvalue weighted by Gasteiger charge is -2.24. The Bertz CT molecular complexity index is 3000. The van der Waals surface area contributed by atoms with Gasteiger partial charge in [-0.3, -0.25) is 28.2 Å². The molecule has 3 aromatic heterocycles. The van der Waals surface area contributed by atoms with E-state index in [9.17, 15) is 30.8 Å². The van der Waals surface area contributed by atoms with Crippen molar-refractivity contribution in [2.75, 3.05) is 4.72 Å². The van der Waals surface area contributed by atoms with E-state index in [0.717, 1.165) is 21.4 Å². The summed E-state index contributed by atoms with van der Waals surface area (Å²) in [4.78, 5) is 33.9. The van der Waals surface area contributed by atoms with Gasteiger partial charge in [-0.25, -0.2) is 35.4 Å². The molecular formula is C42H36ClF5N8O4S. The SMILES string of the molecule is CC(C)n1ccc(CC(=O)N[C@@H](Cc2cc(F)cc(F)c2)c2nc3cc(-c4ccccc4F)ccc3c(=O)n2-c2ccc(Cl)c3c(NS(=O)(=O)C4CC4)nn(CC(F)F)c23)n1. The Labute approximate surface area is 350 Å². The summed E-state index contributed by atoms with van der Waals surface area (Å²) in [5, 5.41) is 10.6. The van der Waals surface area contributed by atoms with Gasteiger partial charge in [0.2, 0.25) is 15.9 Å². The Morgan fingerprint density at radius 3 is 2.36 bits per heavy atom. The first-order chi connectivity index (χ1) is 29.1. The largest absolute Gasteiger partial charge is 0.345 e. The average Bonchev–Trinajstić information content (AvgIpc) is 3.87. The molecule has 1 aliphatic carbocycles. The number of halogens is 6. The molecule has 0 unspecified atom stereocenters. The molecule has 0 aliphatic heterocycles. The van der Waals surface area contributed by atoms with Crippen molar-refractivity contribution in [3.63, 3.8) is 0 Å². The molecule has 61 heavy (non-hydrogen) atoms. The molecular weight excluding hydrogens is 843 g/mol. The predicted octanol–water partition coefficient (Wildman–Crippen LogP) is 8.06. The zero-order valence-corrected chi connectivity index (χ0v) is 34.0. The number of nitrogens with one attached hydrogen (secondary N) is 2. The van der Waals surface area contributed by atoms with E-state index >= 15 is 9.18 Å². The number of amides is 1. The average molecular weight is 879 g/mol. The molecule has 2 N–H and O–H groups in total. The minimum atomic E-state index is -4.01. The van der Waals surface area contributed by atoms with Gasteiger partial charge in [0.1, 0.15) is 29.8 Å². The van der Waals surface area contributed by atoms with E-state index in [1.165, 1.54) is 48.5 Å². The van der Waals surface area contributed by atoms with Gasteiger partial charge < -0.3 is 5.32 Å². The molecule has 0 radical (unpaired) electrons. The van der Waals surface area contributed by atoms with Gasteiger partial charge in [0.25, 0.3) is 12.0 Å². The quantitative estimate of drug-likeness (QED) is 0.105. The number of hydrogen-bond acceptors (Lipinski definition) is 7. The summed E-state index contributed by atoms with van der Waals surface area (Å²) in [6.07, 6.45) is -1.17. The van der Waals surface area contributed by atoms with E-state index in [1.54, 1.807) is 23.0 Å². The van der Waals surface area contributed by atoms with Crippen LogP contribution in [0.5, 0.6) is 0 Å². The molecule has 316 valence electrons. The number of rotatable bonds is 14. The number of carbonyl (C=O) groups is 1. The number of sulfonamides is 1. The third kappa shape index (κ3) is 8.59. The first-order valence-corrected chi connectivity index (χ1v) is 21.1. The van der Waals surface area contributed by atoms with Gasteiger partial charge in [-0.2, -0.15) is 10.2 Å². The molecule has 1 atom stereocenters. The topological polar surface area (TPSA) is 146 Å². The Morgan fingerprint density at radius 1 is 0.951 bits per heavy atom. The van der Waals surface area contributed by atoms with E-state index in [0.29, 0.717) is 30.2 Å². The minimum Gasteiger partial charge on any atom is -0.345 e. The summed E-state index contributed by atoms with van der Waals surface area (Å²) in [6.45, 7) is 2.75. The summed E-state index contributed by atoms with van der Waals surface area (Å²) >= 11 is 6.68. The summed E-state index contributed by atoms with van der Waals surface area (Å²) in [7, 11) is -4.01. The van der Waals surface area contributed by atoms with Crippen molar-refractivity contribution in [2.24, 2.45) is 0 Å². The van der Waals surface area contributed by atoms with Crippen LogP contribution in [0.3, 0.4) is 0 Å². The molecule has 0 bridgehead atoms. The lowest BCUT2D eigenvalue weighted by molar-refractivity contribution is -0.121. The first kappa shape index (κ1) is 41.6. The van der Waals surface area contributed by atoms with Crippen LogP contribution in [-0.2, 0) is 34.2 Å². The van der Waals surface area contributed by atoms with Gasteiger partial charge in [0.05, 0.1) is 55.9 Å². The van der Waals surface area contributed by atoms with Crippen LogP contribution in [0.4, 0.5) is 27.8 Å². The number of benzene rings is 4. The minimum absolute atomic E-state index is 0.0165. The van der Waals surface area contributed by atoms with Crippen LogP contribution >= 0.6 is 11.6 Å². The number of anilines is 1. The van der Waals surface area contributed by atoms with Gasteiger partial charge in [-0.15, -0.1) is 0 Å². The van der Waals surface area contributed by atoms with Crippen LogP contribution in [0.1, 0.15) is 55.9 Å². The molecule has 1 amide bonds. The Balaban J connectivity index is 1.39. The molecule has 1 fully saturated rings. The van der Waals surface area contributed by atoms with Crippen LogP contribution in [-0.4, -0.2) is 55.1 Å². The molecule has 12 nitrogen and oxygen atoms in total. The lowest BCUT2D eigenvalue weighted by atomic mass is 10.0. The number of aromatic nitrogens is 6. The molecule has 0 saturated heterocycles. The molecule has 1 aliphatic rings. The predicted molar refractivity (Wildman–Crippen MR) is 220 cm³/mol. The first-order valence-electron chi connectivity index (χ1n) is 19.2. The highest BCUT2D eigenvalue weighted by Crippen LogP contribution is 2.38. The van der Waals surface area contributed by atoms with Crippen molar-refractivity contribution in [1.82, 2.24) is 34.4 Å². The van der Waals surface area contributed by atoms with Crippen LogP contribution < -0.4 is 15.6 Å². The summed E-state index contributed by atoms with van der Waals surface area (Å²) in [5.74, 6) is -3.62. The molecule has 4 aromatic carbocycles. The Kier molecular flexibility index (Phi) is 11.2. The standard InChI is InChI=1S/C42H36ClF5N8O4S/c1-22(2)54-14-13-27(51-54)20-37(57)49-34(17-23-15-25(44)19-26(45)16-23)41-50-33-18-24(29-5-3-4-6-32(29)46)7-10-30(33)42(58)56(41)35-12-11-31(43)38-39(35)55(21-36(47)48)52-40(38)53-61(59,60)28-8-9-28/h3-7,10-16,18-19,22,28,34,36H,8-9,17,20-21H2,1-2H3,(H,49,57)(H,52,53)/t34-/m0/s1. The second-order valence-electron chi connectivity index (χ2n) is 15.0. The van der Waals surface area contributed by atoms with Crippen LogP contribution in [0.25, 0.3) is 38.6 Å². The van der Waals surface area contributed by atoms with Gasteiger partial charge >= 0.3 is 0 Å². The van der Waals surface area contributed by atoms with Gasteiger partial charge in [-0.1, -0.05) is 35.9 Å². The maximum absolute atomic E-state index is 15.1. The van der Waals surface area contributed by atoms with E-state index in [1.807, 2.05) is 13.8 Å². The van der Waals surface area contributed by atoms with E-state index < -0.39 is 63.2 Å². The van der Waals surface area contributed by atoms with Crippen molar-refractivity contribution in [2.45, 2.75) is 69.8 Å². The number of fused-ring (bicyclic) bond motifs is 2. The highest BCUT2D eigenvalue weighted by Gasteiger charge is 2.37. The maximum Gasteiger partial charge on any atom is 0.266 e. The molecule has 0 spiro atoms. The molecule has 8 rings (SSSR count). The molecule has 19 heteroatoms. The molecule has 7 aromatic rings. The normalized spacial score (nSPS) is 13.7. The van der Waals surface area contributed by atoms with Crippen molar-refractivity contribution >= 4 is 55.2 Å². The van der Waals surface area contributed by atoms with E-state index in [4.69, 9.17) is 16.6 Å². The number of carbonyl (C=O) groups excluding carboxylic acids is 1. The van der Waals surface area contributed by atoms with Gasteiger partial charge in [-0.05, 0) is 86.3 Å². The second kappa shape index (κ2) is 16.4. The number of nitrogens with zero attached hydrogens (tertiary/aromatic N) is 6. The van der Waals surface area contributed by atoms with Crippen molar-refractivity contribution in [3.8, 4) is 16.8 Å².